The van der Waals surface area contributed by atoms with Crippen LogP contribution in [0.5, 0.6) is 0 Å². The second-order valence-electron chi connectivity index (χ2n) is 4.16. The van der Waals surface area contributed by atoms with Gasteiger partial charge in [0, 0.05) is 0 Å². The fraction of sp³-hybridized carbons (Fsp3) is 0.900. The molecule has 12 heavy (non-hydrogen) atoms. The summed E-state index contributed by atoms with van der Waals surface area (Å²) in [7, 11) is 0. The van der Waals surface area contributed by atoms with Crippen molar-refractivity contribution in [2.24, 2.45) is 11.8 Å². The van der Waals surface area contributed by atoms with Gasteiger partial charge in [0.1, 0.15) is 6.10 Å². The second-order valence-corrected chi connectivity index (χ2v) is 4.16. The van der Waals surface area contributed by atoms with Crippen LogP contribution in [0.15, 0.2) is 0 Å². The molecule has 0 aromatic carbocycles. The van der Waals surface area contributed by atoms with Crippen LogP contribution < -0.4 is 0 Å². The van der Waals surface area contributed by atoms with E-state index in [9.17, 15) is 4.79 Å². The number of hydrogen-bond acceptors (Lipinski definition) is 2. The molecule has 2 aliphatic carbocycles. The van der Waals surface area contributed by atoms with Crippen molar-refractivity contribution in [1.29, 1.82) is 0 Å². The minimum absolute atomic E-state index is 0.0643. The average molecular weight is 168 g/mol. The van der Waals surface area contributed by atoms with Gasteiger partial charge in [0.15, 0.2) is 0 Å². The molecule has 0 amide bonds. The van der Waals surface area contributed by atoms with Crippen molar-refractivity contribution in [2.45, 2.75) is 45.1 Å². The summed E-state index contributed by atoms with van der Waals surface area (Å²) in [5.74, 6) is 0.888. The van der Waals surface area contributed by atoms with Crippen LogP contribution >= 0.6 is 0 Å². The van der Waals surface area contributed by atoms with Crippen LogP contribution in [-0.4, -0.2) is 12.1 Å². The molecule has 2 heteroatoms. The maximum atomic E-state index is 11.3. The highest BCUT2D eigenvalue weighted by Crippen LogP contribution is 2.39. The third-order valence-electron chi connectivity index (χ3n) is 3.00. The SMILES string of the molecule is CC1CC1C(=O)OC1CCCC1. The Hall–Kier alpha value is -0.530. The van der Waals surface area contributed by atoms with E-state index in [-0.39, 0.29) is 18.0 Å². The van der Waals surface area contributed by atoms with Crippen molar-refractivity contribution >= 4 is 5.97 Å². The molecular weight excluding hydrogens is 152 g/mol. The Kier molecular flexibility index (Phi) is 2.07. The van der Waals surface area contributed by atoms with E-state index in [0.717, 1.165) is 19.3 Å². The van der Waals surface area contributed by atoms with Gasteiger partial charge in [0.2, 0.25) is 0 Å². The summed E-state index contributed by atoms with van der Waals surface area (Å²) in [6.45, 7) is 2.11. The number of hydrogen-bond donors (Lipinski definition) is 0. The van der Waals surface area contributed by atoms with Gasteiger partial charge >= 0.3 is 5.97 Å². The fourth-order valence-corrected chi connectivity index (χ4v) is 1.91. The summed E-state index contributed by atoms with van der Waals surface area (Å²) in [4.78, 5) is 11.3. The molecule has 2 fully saturated rings. The first-order valence-corrected chi connectivity index (χ1v) is 4.98. The van der Waals surface area contributed by atoms with Crippen molar-refractivity contribution in [2.75, 3.05) is 0 Å². The number of carbonyl (C=O) groups excluding carboxylic acids is 1. The van der Waals surface area contributed by atoms with Gasteiger partial charge < -0.3 is 4.74 Å². The lowest BCUT2D eigenvalue weighted by Crippen LogP contribution is -2.16. The molecule has 2 aliphatic rings. The Morgan fingerprint density at radius 2 is 1.92 bits per heavy atom. The van der Waals surface area contributed by atoms with E-state index < -0.39 is 0 Å². The van der Waals surface area contributed by atoms with E-state index >= 15 is 0 Å². The van der Waals surface area contributed by atoms with Gasteiger partial charge in [0.25, 0.3) is 0 Å². The van der Waals surface area contributed by atoms with E-state index in [1.165, 1.54) is 12.8 Å². The van der Waals surface area contributed by atoms with Crippen molar-refractivity contribution in [3.8, 4) is 0 Å². The van der Waals surface area contributed by atoms with Gasteiger partial charge in [-0.15, -0.1) is 0 Å². The summed E-state index contributed by atoms with van der Waals surface area (Å²) in [5.41, 5.74) is 0. The van der Waals surface area contributed by atoms with E-state index in [4.69, 9.17) is 4.74 Å². The first kappa shape index (κ1) is 8.09. The predicted octanol–water partition coefficient (Wildman–Crippen LogP) is 2.13. The van der Waals surface area contributed by atoms with Crippen LogP contribution in [0.3, 0.4) is 0 Å². The van der Waals surface area contributed by atoms with Gasteiger partial charge in [-0.1, -0.05) is 6.92 Å². The Morgan fingerprint density at radius 1 is 1.33 bits per heavy atom. The Bertz CT molecular complexity index is 182. The van der Waals surface area contributed by atoms with Crippen molar-refractivity contribution in [3.05, 3.63) is 0 Å². The maximum absolute atomic E-state index is 11.3. The minimum atomic E-state index is 0.0643. The lowest BCUT2D eigenvalue weighted by molar-refractivity contribution is -0.150. The van der Waals surface area contributed by atoms with Crippen molar-refractivity contribution in [3.63, 3.8) is 0 Å². The molecule has 0 radical (unpaired) electrons. The lowest BCUT2D eigenvalue weighted by atomic mass is 10.3. The van der Waals surface area contributed by atoms with E-state index in [0.29, 0.717) is 5.92 Å². The normalized spacial score (nSPS) is 35.1. The highest BCUT2D eigenvalue weighted by molar-refractivity contribution is 5.75. The predicted molar refractivity (Wildman–Crippen MR) is 45.6 cm³/mol. The van der Waals surface area contributed by atoms with Gasteiger partial charge in [-0.25, -0.2) is 0 Å². The molecule has 2 nitrogen and oxygen atoms in total. The molecule has 0 spiro atoms. The monoisotopic (exact) mass is 168 g/mol. The molecular formula is C10H16O2. The number of esters is 1. The molecule has 0 aromatic heterocycles. The van der Waals surface area contributed by atoms with Crippen molar-refractivity contribution < 1.29 is 9.53 Å². The lowest BCUT2D eigenvalue weighted by Gasteiger charge is -2.10. The molecule has 2 unspecified atom stereocenters. The quantitative estimate of drug-likeness (QED) is 0.590. The highest BCUT2D eigenvalue weighted by Gasteiger charge is 2.41. The van der Waals surface area contributed by atoms with E-state index in [1.54, 1.807) is 0 Å². The fourth-order valence-electron chi connectivity index (χ4n) is 1.91. The van der Waals surface area contributed by atoms with Crippen molar-refractivity contribution in [1.82, 2.24) is 0 Å². The summed E-state index contributed by atoms with van der Waals surface area (Å²) >= 11 is 0. The molecule has 0 heterocycles. The zero-order valence-corrected chi connectivity index (χ0v) is 7.58. The Morgan fingerprint density at radius 3 is 2.42 bits per heavy atom. The Labute approximate surface area is 73.3 Å². The van der Waals surface area contributed by atoms with Crippen LogP contribution in [0.25, 0.3) is 0 Å². The largest absolute Gasteiger partial charge is 0.462 e. The highest BCUT2D eigenvalue weighted by atomic mass is 16.5. The molecule has 0 aliphatic heterocycles. The zero-order valence-electron chi connectivity index (χ0n) is 7.58. The molecule has 2 rings (SSSR count). The summed E-state index contributed by atoms with van der Waals surface area (Å²) < 4.78 is 5.37. The average Bonchev–Trinajstić information content (AvgIpc) is 2.58. The first-order chi connectivity index (χ1) is 5.77. The molecule has 2 saturated carbocycles. The number of ether oxygens (including phenoxy) is 1. The molecule has 0 saturated heterocycles. The Balaban J connectivity index is 1.75. The zero-order chi connectivity index (χ0) is 8.55. The smallest absolute Gasteiger partial charge is 0.309 e. The topological polar surface area (TPSA) is 26.3 Å². The molecule has 0 bridgehead atoms. The summed E-state index contributed by atoms with van der Waals surface area (Å²) in [6.07, 6.45) is 5.95. The standard InChI is InChI=1S/C10H16O2/c1-7-6-9(7)10(11)12-8-4-2-3-5-8/h7-9H,2-6H2,1H3. The third-order valence-corrected chi connectivity index (χ3v) is 3.00. The number of carbonyl (C=O) groups is 1. The van der Waals surface area contributed by atoms with E-state index in [2.05, 4.69) is 6.92 Å². The molecule has 2 atom stereocenters. The van der Waals surface area contributed by atoms with Gasteiger partial charge in [-0.3, -0.25) is 4.79 Å². The van der Waals surface area contributed by atoms with E-state index in [1.807, 2.05) is 0 Å². The summed E-state index contributed by atoms with van der Waals surface area (Å²) in [5, 5.41) is 0. The summed E-state index contributed by atoms with van der Waals surface area (Å²) in [6, 6.07) is 0. The maximum Gasteiger partial charge on any atom is 0.309 e. The number of rotatable bonds is 2. The van der Waals surface area contributed by atoms with Crippen LogP contribution in [0.1, 0.15) is 39.0 Å². The first-order valence-electron chi connectivity index (χ1n) is 4.98. The molecule has 68 valence electrons. The van der Waals surface area contributed by atoms with Gasteiger partial charge in [-0.2, -0.15) is 0 Å². The molecule has 0 aromatic rings. The van der Waals surface area contributed by atoms with Gasteiger partial charge in [0.05, 0.1) is 5.92 Å². The van der Waals surface area contributed by atoms with Crippen LogP contribution in [0, 0.1) is 11.8 Å². The molecule has 0 N–H and O–H groups in total. The minimum Gasteiger partial charge on any atom is -0.462 e. The van der Waals surface area contributed by atoms with Crippen LogP contribution in [0.2, 0.25) is 0 Å². The van der Waals surface area contributed by atoms with Crippen LogP contribution in [0.4, 0.5) is 0 Å². The van der Waals surface area contributed by atoms with Gasteiger partial charge in [-0.05, 0) is 38.0 Å². The third kappa shape index (κ3) is 1.62. The van der Waals surface area contributed by atoms with Crippen LogP contribution in [-0.2, 0) is 9.53 Å². The second kappa shape index (κ2) is 3.08.